The van der Waals surface area contributed by atoms with Crippen LogP contribution in [0.4, 0.5) is 0 Å². The third-order valence-electron chi connectivity index (χ3n) is 2.02. The Labute approximate surface area is 89.3 Å². The Bertz CT molecular complexity index is 416. The van der Waals surface area contributed by atoms with Gasteiger partial charge >= 0.3 is 0 Å². The van der Waals surface area contributed by atoms with Crippen molar-refractivity contribution in [2.24, 2.45) is 4.99 Å². The van der Waals surface area contributed by atoms with Gasteiger partial charge in [0.2, 0.25) is 0 Å². The molecule has 2 heteroatoms. The minimum atomic E-state index is 0.937. The third kappa shape index (κ3) is 2.15. The summed E-state index contributed by atoms with van der Waals surface area (Å²) in [7, 11) is 0. The summed E-state index contributed by atoms with van der Waals surface area (Å²) in [5, 5.41) is 0. The molecule has 0 aliphatic carbocycles. The van der Waals surface area contributed by atoms with Gasteiger partial charge in [-0.25, -0.2) is 0 Å². The highest BCUT2D eigenvalue weighted by Crippen LogP contribution is 2.20. The molecule has 0 aromatic heterocycles. The molecule has 0 amide bonds. The van der Waals surface area contributed by atoms with E-state index < -0.39 is 0 Å². The van der Waals surface area contributed by atoms with Crippen LogP contribution in [-0.4, -0.2) is 6.21 Å². The number of hydrogen-bond acceptors (Lipinski definition) is 2. The van der Waals surface area contributed by atoms with Crippen molar-refractivity contribution in [1.82, 2.24) is 0 Å². The average Bonchev–Trinajstić information content (AvgIpc) is 2.45. The maximum atomic E-state index is 4.35. The molecule has 70 valence electrons. The summed E-state index contributed by atoms with van der Waals surface area (Å²) < 4.78 is 0. The lowest BCUT2D eigenvalue weighted by Crippen LogP contribution is -1.81. The number of aliphatic imine (C=N–C) groups is 1. The SMILES string of the molecule is Sc1cccc(C2=CCC=CC=N2)c1. The molecule has 0 N–H and O–H groups in total. The van der Waals surface area contributed by atoms with Crippen molar-refractivity contribution >= 4 is 24.5 Å². The van der Waals surface area contributed by atoms with Crippen LogP contribution in [0.3, 0.4) is 0 Å². The molecule has 1 nitrogen and oxygen atoms in total. The Morgan fingerprint density at radius 1 is 1.29 bits per heavy atom. The molecule has 0 saturated heterocycles. The van der Waals surface area contributed by atoms with Crippen LogP contribution in [0.1, 0.15) is 12.0 Å². The fourth-order valence-corrected chi connectivity index (χ4v) is 1.58. The van der Waals surface area contributed by atoms with Crippen molar-refractivity contribution in [2.75, 3.05) is 0 Å². The normalized spacial score (nSPS) is 15.1. The Kier molecular flexibility index (Phi) is 2.84. The number of hydrogen-bond donors (Lipinski definition) is 1. The number of benzene rings is 1. The van der Waals surface area contributed by atoms with Crippen molar-refractivity contribution < 1.29 is 0 Å². The molecule has 1 aliphatic heterocycles. The van der Waals surface area contributed by atoms with E-state index >= 15 is 0 Å². The number of allylic oxidation sites excluding steroid dienone is 3. The Morgan fingerprint density at radius 2 is 2.21 bits per heavy atom. The molecule has 14 heavy (non-hydrogen) atoms. The van der Waals surface area contributed by atoms with Crippen LogP contribution in [-0.2, 0) is 0 Å². The van der Waals surface area contributed by atoms with E-state index in [2.05, 4.69) is 29.8 Å². The van der Waals surface area contributed by atoms with Gasteiger partial charge in [0, 0.05) is 16.7 Å². The molecule has 2 rings (SSSR count). The van der Waals surface area contributed by atoms with Gasteiger partial charge in [-0.15, -0.1) is 12.6 Å². The molecule has 0 spiro atoms. The first-order chi connectivity index (χ1) is 6.86. The number of thiol groups is 1. The number of rotatable bonds is 1. The first-order valence-corrected chi connectivity index (χ1v) is 5.00. The maximum Gasteiger partial charge on any atom is 0.0665 e. The van der Waals surface area contributed by atoms with Gasteiger partial charge in [0.05, 0.1) is 5.70 Å². The second-order valence-electron chi connectivity index (χ2n) is 3.08. The molecular weight excluding hydrogens is 190 g/mol. The van der Waals surface area contributed by atoms with Crippen molar-refractivity contribution in [2.45, 2.75) is 11.3 Å². The lowest BCUT2D eigenvalue weighted by molar-refractivity contribution is 1.36. The van der Waals surface area contributed by atoms with E-state index in [1.54, 1.807) is 0 Å². The van der Waals surface area contributed by atoms with Crippen molar-refractivity contribution in [1.29, 1.82) is 0 Å². The smallest absolute Gasteiger partial charge is 0.0665 e. The van der Waals surface area contributed by atoms with Gasteiger partial charge in [-0.3, -0.25) is 4.99 Å². The standard InChI is InChI=1S/C12H11NS/c14-11-6-4-5-10(9-11)12-7-2-1-3-8-13-12/h1,3-9,14H,2H2. The van der Waals surface area contributed by atoms with Gasteiger partial charge in [0.25, 0.3) is 0 Å². The largest absolute Gasteiger partial charge is 0.257 e. The summed E-state index contributed by atoms with van der Waals surface area (Å²) in [6.45, 7) is 0. The van der Waals surface area contributed by atoms with Crippen LogP contribution in [0.25, 0.3) is 5.70 Å². The lowest BCUT2D eigenvalue weighted by atomic mass is 10.1. The first-order valence-electron chi connectivity index (χ1n) is 4.55. The highest BCUT2D eigenvalue weighted by molar-refractivity contribution is 7.80. The summed E-state index contributed by atoms with van der Waals surface area (Å²) in [5.41, 5.74) is 2.14. The van der Waals surface area contributed by atoms with Crippen molar-refractivity contribution in [3.63, 3.8) is 0 Å². The minimum absolute atomic E-state index is 0.937. The Morgan fingerprint density at radius 3 is 3.07 bits per heavy atom. The summed E-state index contributed by atoms with van der Waals surface area (Å²) in [6.07, 6.45) is 8.92. The van der Waals surface area contributed by atoms with E-state index in [0.717, 1.165) is 22.6 Å². The zero-order valence-electron chi connectivity index (χ0n) is 7.72. The van der Waals surface area contributed by atoms with E-state index in [4.69, 9.17) is 0 Å². The van der Waals surface area contributed by atoms with E-state index in [0.29, 0.717) is 0 Å². The molecule has 0 bridgehead atoms. The third-order valence-corrected chi connectivity index (χ3v) is 2.30. The van der Waals surface area contributed by atoms with Crippen LogP contribution in [0.15, 0.2) is 52.4 Å². The lowest BCUT2D eigenvalue weighted by Gasteiger charge is -2.01. The van der Waals surface area contributed by atoms with Crippen molar-refractivity contribution in [3.05, 3.63) is 48.1 Å². The fourth-order valence-electron chi connectivity index (χ4n) is 1.35. The summed E-state index contributed by atoms with van der Waals surface area (Å²) >= 11 is 4.31. The van der Waals surface area contributed by atoms with Crippen molar-refractivity contribution in [3.8, 4) is 0 Å². The molecule has 0 atom stereocenters. The predicted molar refractivity (Wildman–Crippen MR) is 63.9 cm³/mol. The van der Waals surface area contributed by atoms with Gasteiger partial charge in [-0.1, -0.05) is 24.3 Å². The van der Waals surface area contributed by atoms with Gasteiger partial charge in [0.15, 0.2) is 0 Å². The maximum absolute atomic E-state index is 4.35. The summed E-state index contributed by atoms with van der Waals surface area (Å²) in [6, 6.07) is 8.03. The molecule has 0 unspecified atom stereocenters. The van der Waals surface area contributed by atoms with E-state index in [1.807, 2.05) is 36.6 Å². The highest BCUT2D eigenvalue weighted by Gasteiger charge is 1.99. The molecular formula is C12H11NS. The number of nitrogens with zero attached hydrogens (tertiary/aromatic N) is 1. The molecule has 1 aromatic rings. The van der Waals surface area contributed by atoms with Gasteiger partial charge < -0.3 is 0 Å². The van der Waals surface area contributed by atoms with E-state index in [1.165, 1.54) is 0 Å². The molecule has 1 aromatic carbocycles. The van der Waals surface area contributed by atoms with Gasteiger partial charge in [-0.05, 0) is 24.6 Å². The topological polar surface area (TPSA) is 12.4 Å². The molecule has 0 fully saturated rings. The monoisotopic (exact) mass is 201 g/mol. The fraction of sp³-hybridized carbons (Fsp3) is 0.0833. The quantitative estimate of drug-likeness (QED) is 0.669. The van der Waals surface area contributed by atoms with E-state index in [9.17, 15) is 0 Å². The Hall–Kier alpha value is -1.28. The predicted octanol–water partition coefficient (Wildman–Crippen LogP) is 3.35. The summed E-state index contributed by atoms with van der Waals surface area (Å²) in [4.78, 5) is 5.32. The average molecular weight is 201 g/mol. The van der Waals surface area contributed by atoms with Crippen LogP contribution < -0.4 is 0 Å². The second-order valence-corrected chi connectivity index (χ2v) is 3.60. The first kappa shape index (κ1) is 9.28. The zero-order chi connectivity index (χ0) is 9.80. The molecule has 0 saturated carbocycles. The van der Waals surface area contributed by atoms with Crippen LogP contribution >= 0.6 is 12.6 Å². The highest BCUT2D eigenvalue weighted by atomic mass is 32.1. The van der Waals surface area contributed by atoms with E-state index in [-0.39, 0.29) is 0 Å². The second kappa shape index (κ2) is 4.29. The summed E-state index contributed by atoms with van der Waals surface area (Å²) in [5.74, 6) is 0. The molecule has 1 heterocycles. The zero-order valence-corrected chi connectivity index (χ0v) is 8.61. The van der Waals surface area contributed by atoms with Crippen LogP contribution in [0.2, 0.25) is 0 Å². The Balaban J connectivity index is 2.35. The molecule has 1 aliphatic rings. The van der Waals surface area contributed by atoms with Crippen LogP contribution in [0.5, 0.6) is 0 Å². The van der Waals surface area contributed by atoms with Gasteiger partial charge in [0.1, 0.15) is 0 Å². The van der Waals surface area contributed by atoms with Crippen LogP contribution in [0, 0.1) is 0 Å². The molecule has 0 radical (unpaired) electrons. The van der Waals surface area contributed by atoms with Gasteiger partial charge in [-0.2, -0.15) is 0 Å². The minimum Gasteiger partial charge on any atom is -0.257 e.